The van der Waals surface area contributed by atoms with Crippen molar-refractivity contribution in [1.82, 2.24) is 29.7 Å². The first kappa shape index (κ1) is 27.9. The number of nitrogens with zero attached hydrogens (tertiary/aromatic N) is 5. The highest BCUT2D eigenvalue weighted by atomic mass is 19.1. The second-order valence-corrected chi connectivity index (χ2v) is 12.0. The summed E-state index contributed by atoms with van der Waals surface area (Å²) in [4.78, 5) is 29.7. The van der Waals surface area contributed by atoms with E-state index in [1.54, 1.807) is 24.4 Å². The van der Waals surface area contributed by atoms with Gasteiger partial charge in [0.2, 0.25) is 17.8 Å². The third-order valence-electron chi connectivity index (χ3n) is 9.10. The number of para-hydroxylation sites is 1. The number of benzene rings is 1. The lowest BCUT2D eigenvalue weighted by Gasteiger charge is -2.30. The van der Waals surface area contributed by atoms with E-state index in [-0.39, 0.29) is 23.7 Å². The number of carbonyl (C=O) groups excluding carboxylic acids is 1. The molecule has 6 rings (SSSR count). The number of nitrogens with one attached hydrogen (secondary N) is 3. The summed E-state index contributed by atoms with van der Waals surface area (Å²) in [5, 5.41) is 9.96. The van der Waals surface area contributed by atoms with E-state index in [0.717, 1.165) is 70.4 Å². The maximum Gasteiger partial charge on any atom is 0.224 e. The number of rotatable bonds is 9. The molecule has 0 bridgehead atoms. The zero-order valence-electron chi connectivity index (χ0n) is 24.0. The number of likely N-dealkylation sites (tertiary alicyclic amines) is 1. The molecule has 3 aliphatic rings. The summed E-state index contributed by atoms with van der Waals surface area (Å²) < 4.78 is 16.7. The first-order valence-corrected chi connectivity index (χ1v) is 15.7. The van der Waals surface area contributed by atoms with Crippen LogP contribution >= 0.6 is 0 Å². The maximum atomic E-state index is 14.6. The molecule has 10 heteroatoms. The molecule has 3 fully saturated rings. The molecule has 41 heavy (non-hydrogen) atoms. The average molecular weight is 563 g/mol. The van der Waals surface area contributed by atoms with Crippen LogP contribution in [0.15, 0.2) is 30.5 Å². The lowest BCUT2D eigenvalue weighted by atomic mass is 9.85. The summed E-state index contributed by atoms with van der Waals surface area (Å²) >= 11 is 0. The van der Waals surface area contributed by atoms with Crippen LogP contribution < -0.4 is 16.0 Å². The topological polar surface area (TPSA) is 100 Å². The Morgan fingerprint density at radius 1 is 0.927 bits per heavy atom. The summed E-state index contributed by atoms with van der Waals surface area (Å²) in [6.45, 7) is 3.94. The molecule has 3 aromatic rings. The van der Waals surface area contributed by atoms with Gasteiger partial charge in [-0.1, -0.05) is 37.8 Å². The SMILES string of the molecule is O=C(NCCN1CCCCC1)C1CCC(n2c(Nc3ccccc3F)nc3cnc(NC4CCCCC4)nc32)CC1. The van der Waals surface area contributed by atoms with Crippen molar-refractivity contribution in [3.63, 3.8) is 0 Å². The van der Waals surface area contributed by atoms with Crippen LogP contribution in [-0.4, -0.2) is 62.5 Å². The van der Waals surface area contributed by atoms with E-state index in [0.29, 0.717) is 29.1 Å². The number of piperidine rings is 1. The van der Waals surface area contributed by atoms with E-state index < -0.39 is 0 Å². The molecule has 2 aliphatic carbocycles. The van der Waals surface area contributed by atoms with Crippen LogP contribution in [0.25, 0.3) is 11.2 Å². The molecule has 1 saturated heterocycles. The Kier molecular flexibility index (Phi) is 8.94. The van der Waals surface area contributed by atoms with Crippen molar-refractivity contribution >= 4 is 34.7 Å². The number of anilines is 3. The van der Waals surface area contributed by atoms with Gasteiger partial charge in [-0.25, -0.2) is 14.4 Å². The average Bonchev–Trinajstić information content (AvgIpc) is 3.36. The van der Waals surface area contributed by atoms with Gasteiger partial charge in [0.05, 0.1) is 11.9 Å². The number of carbonyl (C=O) groups is 1. The first-order chi connectivity index (χ1) is 20.1. The Morgan fingerprint density at radius 3 is 2.46 bits per heavy atom. The molecule has 0 radical (unpaired) electrons. The second kappa shape index (κ2) is 13.1. The van der Waals surface area contributed by atoms with Crippen LogP contribution in [0.1, 0.15) is 83.1 Å². The fourth-order valence-corrected chi connectivity index (χ4v) is 6.77. The Labute approximate surface area is 241 Å². The minimum Gasteiger partial charge on any atom is -0.355 e. The quantitative estimate of drug-likeness (QED) is 0.304. The number of halogens is 1. The van der Waals surface area contributed by atoms with E-state index in [4.69, 9.17) is 9.97 Å². The van der Waals surface area contributed by atoms with Gasteiger partial charge < -0.3 is 20.9 Å². The summed E-state index contributed by atoms with van der Waals surface area (Å²) in [6.07, 6.45) is 14.9. The van der Waals surface area contributed by atoms with Gasteiger partial charge >= 0.3 is 0 Å². The van der Waals surface area contributed by atoms with Gasteiger partial charge in [-0.15, -0.1) is 0 Å². The fourth-order valence-electron chi connectivity index (χ4n) is 6.77. The molecule has 1 amide bonds. The lowest BCUT2D eigenvalue weighted by molar-refractivity contribution is -0.126. The fraction of sp³-hybridized carbons (Fsp3) is 0.613. The molecular formula is C31H43FN8O. The molecule has 2 saturated carbocycles. The zero-order chi connectivity index (χ0) is 28.0. The number of amides is 1. The van der Waals surface area contributed by atoms with Crippen molar-refractivity contribution in [2.45, 2.75) is 89.1 Å². The van der Waals surface area contributed by atoms with E-state index >= 15 is 0 Å². The molecule has 220 valence electrons. The predicted molar refractivity (Wildman–Crippen MR) is 160 cm³/mol. The van der Waals surface area contributed by atoms with Gasteiger partial charge in [0.15, 0.2) is 5.65 Å². The van der Waals surface area contributed by atoms with E-state index in [9.17, 15) is 9.18 Å². The summed E-state index contributed by atoms with van der Waals surface area (Å²) in [6, 6.07) is 7.13. The largest absolute Gasteiger partial charge is 0.355 e. The smallest absolute Gasteiger partial charge is 0.224 e. The number of fused-ring (bicyclic) bond motifs is 1. The molecule has 0 atom stereocenters. The van der Waals surface area contributed by atoms with Crippen molar-refractivity contribution in [2.24, 2.45) is 5.92 Å². The lowest BCUT2D eigenvalue weighted by Crippen LogP contribution is -2.40. The van der Waals surface area contributed by atoms with Crippen molar-refractivity contribution in [1.29, 1.82) is 0 Å². The van der Waals surface area contributed by atoms with Crippen LogP contribution in [0.5, 0.6) is 0 Å². The molecular weight excluding hydrogens is 519 g/mol. The van der Waals surface area contributed by atoms with Crippen molar-refractivity contribution in [3.8, 4) is 0 Å². The third-order valence-corrected chi connectivity index (χ3v) is 9.10. The normalized spacial score (nSPS) is 22.5. The summed E-state index contributed by atoms with van der Waals surface area (Å²) in [5.41, 5.74) is 1.79. The van der Waals surface area contributed by atoms with Crippen LogP contribution in [0.3, 0.4) is 0 Å². The van der Waals surface area contributed by atoms with Gasteiger partial charge in [-0.2, -0.15) is 4.98 Å². The number of hydrogen-bond donors (Lipinski definition) is 3. The summed E-state index contributed by atoms with van der Waals surface area (Å²) in [7, 11) is 0. The van der Waals surface area contributed by atoms with Crippen LogP contribution in [0, 0.1) is 11.7 Å². The Balaban J connectivity index is 1.17. The molecule has 0 spiro atoms. The van der Waals surface area contributed by atoms with Crippen LogP contribution in [-0.2, 0) is 4.79 Å². The molecule has 9 nitrogen and oxygen atoms in total. The van der Waals surface area contributed by atoms with Gasteiger partial charge in [-0.3, -0.25) is 9.36 Å². The number of hydrogen-bond acceptors (Lipinski definition) is 7. The maximum absolute atomic E-state index is 14.6. The standard InChI is InChI=1S/C31H43FN8O/c32-25-11-5-6-12-26(25)36-31-37-27-21-34-30(35-23-9-3-1-4-10-23)38-28(27)40(31)24-15-13-22(14-16-24)29(41)33-17-20-39-18-7-2-8-19-39/h5-6,11-12,21-24H,1-4,7-10,13-20H2,(H,33,41)(H,36,37)(H,34,35,38). The minimum atomic E-state index is -0.332. The summed E-state index contributed by atoms with van der Waals surface area (Å²) in [5.74, 6) is 1.03. The molecule has 3 N–H and O–H groups in total. The van der Waals surface area contributed by atoms with Gasteiger partial charge in [0.25, 0.3) is 0 Å². The Hall–Kier alpha value is -3.27. The van der Waals surface area contributed by atoms with Gasteiger partial charge in [-0.05, 0) is 76.6 Å². The second-order valence-electron chi connectivity index (χ2n) is 12.0. The first-order valence-electron chi connectivity index (χ1n) is 15.7. The molecule has 2 aromatic heterocycles. The predicted octanol–water partition coefficient (Wildman–Crippen LogP) is 5.79. The monoisotopic (exact) mass is 562 g/mol. The van der Waals surface area contributed by atoms with Crippen LogP contribution in [0.2, 0.25) is 0 Å². The minimum absolute atomic E-state index is 0.0172. The van der Waals surface area contributed by atoms with Crippen molar-refractivity contribution in [3.05, 3.63) is 36.3 Å². The number of imidazole rings is 1. The highest BCUT2D eigenvalue weighted by Crippen LogP contribution is 2.37. The van der Waals surface area contributed by atoms with E-state index in [1.807, 2.05) is 0 Å². The third kappa shape index (κ3) is 6.80. The van der Waals surface area contributed by atoms with Crippen molar-refractivity contribution < 1.29 is 9.18 Å². The van der Waals surface area contributed by atoms with E-state index in [1.165, 1.54) is 44.6 Å². The Bertz CT molecular complexity index is 1310. The zero-order valence-corrected chi connectivity index (χ0v) is 24.0. The Morgan fingerprint density at radius 2 is 1.68 bits per heavy atom. The van der Waals surface area contributed by atoms with Crippen molar-refractivity contribution in [2.75, 3.05) is 36.8 Å². The van der Waals surface area contributed by atoms with Gasteiger partial charge in [0.1, 0.15) is 11.3 Å². The number of aromatic nitrogens is 4. The molecule has 1 aromatic carbocycles. The van der Waals surface area contributed by atoms with Crippen LogP contribution in [0.4, 0.5) is 22.0 Å². The highest BCUT2D eigenvalue weighted by molar-refractivity contribution is 5.79. The van der Waals surface area contributed by atoms with Gasteiger partial charge in [0, 0.05) is 31.1 Å². The molecule has 0 unspecified atom stereocenters. The molecule has 3 heterocycles. The van der Waals surface area contributed by atoms with E-state index in [2.05, 4.69) is 30.4 Å². The molecule has 1 aliphatic heterocycles. The highest BCUT2D eigenvalue weighted by Gasteiger charge is 2.30.